The maximum Gasteiger partial charge on any atom is 0.278 e. The number of rotatable bonds is 7. The second-order valence-electron chi connectivity index (χ2n) is 7.15. The van der Waals surface area contributed by atoms with Crippen LogP contribution in [-0.2, 0) is 5.75 Å². The van der Waals surface area contributed by atoms with Gasteiger partial charge in [0.25, 0.3) is 5.91 Å². The zero-order valence-corrected chi connectivity index (χ0v) is 19.8. The van der Waals surface area contributed by atoms with E-state index in [2.05, 4.69) is 25.6 Å². The molecule has 0 spiro atoms. The van der Waals surface area contributed by atoms with Gasteiger partial charge in [-0.25, -0.2) is 14.6 Å². The first-order chi connectivity index (χ1) is 15.9. The van der Waals surface area contributed by atoms with E-state index in [1.807, 2.05) is 50.2 Å². The standard InChI is InChI=1S/C23H21ClN6O2S/c1-14-11-15(2)26-23(25-14)33-13-19-21(28-29-30(19)17-7-5-4-6-8-17)22(31)27-18-12-16(24)9-10-20(18)32-3/h4-12H,13H2,1-3H3,(H,27,31). The number of nitrogens with zero attached hydrogens (tertiary/aromatic N) is 5. The SMILES string of the molecule is COc1ccc(Cl)cc1NC(=O)c1nnn(-c2ccccc2)c1CSc1nc(C)cc(C)n1. The van der Waals surface area contributed by atoms with E-state index in [9.17, 15) is 4.79 Å². The Kier molecular flexibility index (Phi) is 6.90. The zero-order chi connectivity index (χ0) is 23.4. The molecular formula is C23H21ClN6O2S. The fraction of sp³-hybridized carbons (Fsp3) is 0.174. The van der Waals surface area contributed by atoms with Crippen LogP contribution < -0.4 is 10.1 Å². The summed E-state index contributed by atoms with van der Waals surface area (Å²) in [6.07, 6.45) is 0. The topological polar surface area (TPSA) is 94.8 Å². The molecule has 0 unspecified atom stereocenters. The number of methoxy groups -OCH3 is 1. The van der Waals surface area contributed by atoms with E-state index in [1.165, 1.54) is 18.9 Å². The summed E-state index contributed by atoms with van der Waals surface area (Å²) in [7, 11) is 1.52. The quantitative estimate of drug-likeness (QED) is 0.297. The van der Waals surface area contributed by atoms with Gasteiger partial charge in [-0.2, -0.15) is 0 Å². The highest BCUT2D eigenvalue weighted by Gasteiger charge is 2.22. The van der Waals surface area contributed by atoms with Crippen LogP contribution in [-0.4, -0.2) is 38.0 Å². The maximum absolute atomic E-state index is 13.2. The van der Waals surface area contributed by atoms with Crippen LogP contribution in [0.4, 0.5) is 5.69 Å². The van der Waals surface area contributed by atoms with Gasteiger partial charge in [-0.1, -0.05) is 46.8 Å². The number of ether oxygens (including phenoxy) is 1. The summed E-state index contributed by atoms with van der Waals surface area (Å²) >= 11 is 7.52. The van der Waals surface area contributed by atoms with Gasteiger partial charge in [-0.3, -0.25) is 4.79 Å². The number of benzene rings is 2. The number of carbonyl (C=O) groups is 1. The highest BCUT2D eigenvalue weighted by atomic mass is 35.5. The highest BCUT2D eigenvalue weighted by Crippen LogP contribution is 2.29. The molecule has 33 heavy (non-hydrogen) atoms. The Morgan fingerprint density at radius 3 is 2.52 bits per heavy atom. The minimum Gasteiger partial charge on any atom is -0.495 e. The molecule has 0 saturated heterocycles. The Hall–Kier alpha value is -3.43. The second-order valence-corrected chi connectivity index (χ2v) is 8.53. The number of carbonyl (C=O) groups excluding carboxylic acids is 1. The van der Waals surface area contributed by atoms with Gasteiger partial charge < -0.3 is 10.1 Å². The fourth-order valence-electron chi connectivity index (χ4n) is 3.23. The largest absolute Gasteiger partial charge is 0.495 e. The predicted octanol–water partition coefficient (Wildman–Crippen LogP) is 4.88. The van der Waals surface area contributed by atoms with Crippen molar-refractivity contribution in [2.24, 2.45) is 0 Å². The molecule has 2 heterocycles. The van der Waals surface area contributed by atoms with Crippen molar-refractivity contribution < 1.29 is 9.53 Å². The number of halogens is 1. The first kappa shape index (κ1) is 22.8. The molecular weight excluding hydrogens is 460 g/mol. The molecule has 168 valence electrons. The number of anilines is 1. The van der Waals surface area contributed by atoms with Crippen LogP contribution in [0.15, 0.2) is 59.8 Å². The van der Waals surface area contributed by atoms with E-state index in [1.54, 1.807) is 22.9 Å². The number of thioether (sulfide) groups is 1. The van der Waals surface area contributed by atoms with E-state index in [0.717, 1.165) is 17.1 Å². The van der Waals surface area contributed by atoms with Gasteiger partial charge >= 0.3 is 0 Å². The third-order valence-electron chi connectivity index (χ3n) is 4.69. The van der Waals surface area contributed by atoms with Crippen LogP contribution in [0.2, 0.25) is 5.02 Å². The van der Waals surface area contributed by atoms with Gasteiger partial charge in [0.2, 0.25) is 0 Å². The lowest BCUT2D eigenvalue weighted by molar-refractivity contribution is 0.102. The van der Waals surface area contributed by atoms with Gasteiger partial charge in [0.15, 0.2) is 10.9 Å². The van der Waals surface area contributed by atoms with E-state index in [4.69, 9.17) is 16.3 Å². The number of hydrogen-bond acceptors (Lipinski definition) is 7. The molecule has 0 saturated carbocycles. The average molecular weight is 481 g/mol. The van der Waals surface area contributed by atoms with E-state index in [-0.39, 0.29) is 5.69 Å². The summed E-state index contributed by atoms with van der Waals surface area (Å²) in [4.78, 5) is 22.2. The number of aryl methyl sites for hydroxylation is 2. The molecule has 0 aliphatic carbocycles. The molecule has 4 aromatic rings. The number of aromatic nitrogens is 5. The van der Waals surface area contributed by atoms with Crippen molar-refractivity contribution in [1.82, 2.24) is 25.0 Å². The number of nitrogens with one attached hydrogen (secondary N) is 1. The third-order valence-corrected chi connectivity index (χ3v) is 5.78. The third kappa shape index (κ3) is 5.32. The molecule has 1 N–H and O–H groups in total. The molecule has 8 nitrogen and oxygen atoms in total. The van der Waals surface area contributed by atoms with Crippen LogP contribution in [0.25, 0.3) is 5.69 Å². The predicted molar refractivity (Wildman–Crippen MR) is 128 cm³/mol. The summed E-state index contributed by atoms with van der Waals surface area (Å²) in [5.74, 6) is 0.456. The molecule has 2 aromatic heterocycles. The lowest BCUT2D eigenvalue weighted by Crippen LogP contribution is -2.16. The number of hydrogen-bond donors (Lipinski definition) is 1. The molecule has 10 heteroatoms. The minimum absolute atomic E-state index is 0.192. The summed E-state index contributed by atoms with van der Waals surface area (Å²) in [6.45, 7) is 3.84. The highest BCUT2D eigenvalue weighted by molar-refractivity contribution is 7.98. The van der Waals surface area contributed by atoms with E-state index < -0.39 is 5.91 Å². The Morgan fingerprint density at radius 1 is 1.09 bits per heavy atom. The van der Waals surface area contributed by atoms with Crippen LogP contribution >= 0.6 is 23.4 Å². The normalized spacial score (nSPS) is 10.8. The lowest BCUT2D eigenvalue weighted by Gasteiger charge is -2.11. The average Bonchev–Trinajstić information content (AvgIpc) is 3.22. The molecule has 4 rings (SSSR count). The van der Waals surface area contributed by atoms with Crippen molar-refractivity contribution in [2.75, 3.05) is 12.4 Å². The summed E-state index contributed by atoms with van der Waals surface area (Å²) in [5.41, 5.74) is 3.81. The molecule has 0 radical (unpaired) electrons. The van der Waals surface area contributed by atoms with E-state index in [0.29, 0.717) is 33.1 Å². The van der Waals surface area contributed by atoms with Gasteiger partial charge in [-0.05, 0) is 50.2 Å². The van der Waals surface area contributed by atoms with Gasteiger partial charge in [0.05, 0.1) is 24.2 Å². The Morgan fingerprint density at radius 2 is 1.82 bits per heavy atom. The van der Waals surface area contributed by atoms with Gasteiger partial charge in [-0.15, -0.1) is 5.10 Å². The van der Waals surface area contributed by atoms with Crippen LogP contribution in [0.3, 0.4) is 0 Å². The molecule has 0 fully saturated rings. The van der Waals surface area contributed by atoms with Crippen molar-refractivity contribution in [3.8, 4) is 11.4 Å². The Bertz CT molecular complexity index is 1280. The summed E-state index contributed by atoms with van der Waals surface area (Å²) < 4.78 is 6.99. The summed E-state index contributed by atoms with van der Waals surface area (Å²) in [5, 5.41) is 12.4. The smallest absolute Gasteiger partial charge is 0.278 e. The van der Waals surface area contributed by atoms with Crippen LogP contribution in [0.5, 0.6) is 5.75 Å². The monoisotopic (exact) mass is 480 g/mol. The second kappa shape index (κ2) is 10.0. The first-order valence-corrected chi connectivity index (χ1v) is 11.4. The van der Waals surface area contributed by atoms with Gasteiger partial charge in [0.1, 0.15) is 5.75 Å². The van der Waals surface area contributed by atoms with Crippen molar-refractivity contribution in [3.63, 3.8) is 0 Å². The van der Waals surface area contributed by atoms with Crippen LogP contribution in [0.1, 0.15) is 27.6 Å². The van der Waals surface area contributed by atoms with Crippen molar-refractivity contribution >= 4 is 35.0 Å². The van der Waals surface area contributed by atoms with Crippen molar-refractivity contribution in [1.29, 1.82) is 0 Å². The fourth-order valence-corrected chi connectivity index (χ4v) is 4.35. The van der Waals surface area contributed by atoms with Crippen molar-refractivity contribution in [2.45, 2.75) is 24.8 Å². The minimum atomic E-state index is -0.422. The number of para-hydroxylation sites is 1. The van der Waals surface area contributed by atoms with Crippen LogP contribution in [0, 0.1) is 13.8 Å². The molecule has 0 aliphatic rings. The lowest BCUT2D eigenvalue weighted by atomic mass is 10.2. The number of amides is 1. The summed E-state index contributed by atoms with van der Waals surface area (Å²) in [6, 6.07) is 16.4. The van der Waals surface area contributed by atoms with E-state index >= 15 is 0 Å². The molecule has 1 amide bonds. The molecule has 0 bridgehead atoms. The Balaban J connectivity index is 1.68. The maximum atomic E-state index is 13.2. The molecule has 2 aromatic carbocycles. The first-order valence-electron chi connectivity index (χ1n) is 10.0. The Labute approximate surface area is 200 Å². The van der Waals surface area contributed by atoms with Crippen molar-refractivity contribution in [3.05, 3.63) is 82.4 Å². The van der Waals surface area contributed by atoms with Gasteiger partial charge in [0, 0.05) is 22.2 Å². The molecule has 0 aliphatic heterocycles. The zero-order valence-electron chi connectivity index (χ0n) is 18.2. The molecule has 0 atom stereocenters.